The van der Waals surface area contributed by atoms with E-state index in [4.69, 9.17) is 4.74 Å². The van der Waals surface area contributed by atoms with Crippen molar-refractivity contribution in [1.82, 2.24) is 9.21 Å². The van der Waals surface area contributed by atoms with Crippen molar-refractivity contribution in [2.45, 2.75) is 6.92 Å². The minimum Gasteiger partial charge on any atom is -0.492 e. The third-order valence-corrected chi connectivity index (χ3v) is 5.92. The molecule has 134 valence electrons. The molecule has 0 N–H and O–H groups in total. The number of hydrogen-bond acceptors (Lipinski definition) is 6. The zero-order chi connectivity index (χ0) is 17.6. The van der Waals surface area contributed by atoms with Crippen molar-refractivity contribution in [3.63, 3.8) is 0 Å². The minimum atomic E-state index is -3.08. The molecule has 1 aliphatic heterocycles. The van der Waals surface area contributed by atoms with Gasteiger partial charge in [-0.1, -0.05) is 0 Å². The molecule has 0 saturated carbocycles. The number of esters is 1. The molecule has 1 saturated heterocycles. The highest BCUT2D eigenvalue weighted by molar-refractivity contribution is 7.89. The quantitative estimate of drug-likeness (QED) is 0.673. The van der Waals surface area contributed by atoms with Gasteiger partial charge >= 0.3 is 5.97 Å². The normalized spacial score (nSPS) is 16.8. The first kappa shape index (κ1) is 18.7. The highest BCUT2D eigenvalue weighted by Crippen LogP contribution is 2.13. The van der Waals surface area contributed by atoms with Crippen molar-refractivity contribution in [2.75, 3.05) is 52.2 Å². The topological polar surface area (TPSA) is 76.2 Å². The van der Waals surface area contributed by atoms with Crippen molar-refractivity contribution < 1.29 is 22.7 Å². The lowest BCUT2D eigenvalue weighted by Gasteiger charge is -2.33. The van der Waals surface area contributed by atoms with Crippen LogP contribution in [0.3, 0.4) is 0 Å². The number of ether oxygens (including phenoxy) is 2. The predicted molar refractivity (Wildman–Crippen MR) is 90.8 cm³/mol. The van der Waals surface area contributed by atoms with Gasteiger partial charge in [0, 0.05) is 32.7 Å². The number of carbonyl (C=O) groups is 1. The molecule has 8 heteroatoms. The van der Waals surface area contributed by atoms with Crippen LogP contribution in [0.1, 0.15) is 17.3 Å². The fraction of sp³-hybridized carbons (Fsp3) is 0.562. The zero-order valence-corrected chi connectivity index (χ0v) is 14.9. The van der Waals surface area contributed by atoms with Gasteiger partial charge in [-0.05, 0) is 31.2 Å². The fourth-order valence-corrected chi connectivity index (χ4v) is 3.60. The van der Waals surface area contributed by atoms with Crippen LogP contribution in [0.4, 0.5) is 0 Å². The maximum Gasteiger partial charge on any atom is 0.337 e. The average Bonchev–Trinajstić information content (AvgIpc) is 2.62. The van der Waals surface area contributed by atoms with Crippen LogP contribution in [0.25, 0.3) is 0 Å². The molecule has 7 nitrogen and oxygen atoms in total. The van der Waals surface area contributed by atoms with Crippen LogP contribution in [0.5, 0.6) is 5.75 Å². The van der Waals surface area contributed by atoms with Gasteiger partial charge in [-0.25, -0.2) is 13.2 Å². The number of benzene rings is 1. The number of methoxy groups -OCH3 is 1. The molecule has 1 aromatic rings. The van der Waals surface area contributed by atoms with Gasteiger partial charge in [0.05, 0.1) is 18.4 Å². The molecule has 0 atom stereocenters. The Morgan fingerprint density at radius 3 is 2.29 bits per heavy atom. The Hall–Kier alpha value is -1.64. The maximum absolute atomic E-state index is 11.8. The lowest BCUT2D eigenvalue weighted by atomic mass is 10.2. The van der Waals surface area contributed by atoms with Gasteiger partial charge in [0.25, 0.3) is 0 Å². The Labute approximate surface area is 143 Å². The second kappa shape index (κ2) is 8.46. The van der Waals surface area contributed by atoms with Crippen molar-refractivity contribution in [3.05, 3.63) is 29.8 Å². The second-order valence-corrected chi connectivity index (χ2v) is 7.76. The number of sulfonamides is 1. The predicted octanol–water partition coefficient (Wildman–Crippen LogP) is 0.819. The summed E-state index contributed by atoms with van der Waals surface area (Å²) >= 11 is 0. The third kappa shape index (κ3) is 4.93. The molecule has 0 spiro atoms. The van der Waals surface area contributed by atoms with E-state index in [1.54, 1.807) is 35.5 Å². The van der Waals surface area contributed by atoms with Crippen molar-refractivity contribution in [2.24, 2.45) is 0 Å². The Morgan fingerprint density at radius 1 is 1.12 bits per heavy atom. The molecule has 0 unspecified atom stereocenters. The molecule has 0 radical (unpaired) electrons. The van der Waals surface area contributed by atoms with E-state index in [2.05, 4.69) is 9.64 Å². The molecule has 0 aromatic heterocycles. The lowest BCUT2D eigenvalue weighted by Crippen LogP contribution is -2.49. The largest absolute Gasteiger partial charge is 0.492 e. The monoisotopic (exact) mass is 356 g/mol. The molecule has 1 heterocycles. The number of nitrogens with zero attached hydrogens (tertiary/aromatic N) is 2. The van der Waals surface area contributed by atoms with Gasteiger partial charge in [-0.2, -0.15) is 4.31 Å². The van der Waals surface area contributed by atoms with Gasteiger partial charge < -0.3 is 9.47 Å². The second-order valence-electron chi connectivity index (χ2n) is 5.51. The van der Waals surface area contributed by atoms with Crippen LogP contribution in [-0.4, -0.2) is 75.8 Å². The number of hydrogen-bond donors (Lipinski definition) is 0. The lowest BCUT2D eigenvalue weighted by molar-refractivity contribution is 0.0600. The van der Waals surface area contributed by atoms with E-state index in [0.29, 0.717) is 44.1 Å². The highest BCUT2D eigenvalue weighted by Gasteiger charge is 2.25. The molecule has 2 rings (SSSR count). The summed E-state index contributed by atoms with van der Waals surface area (Å²) in [5, 5.41) is 0. The summed E-state index contributed by atoms with van der Waals surface area (Å²) in [5.74, 6) is 0.466. The molecular weight excluding hydrogens is 332 g/mol. The number of rotatable bonds is 7. The first-order chi connectivity index (χ1) is 11.5. The summed E-state index contributed by atoms with van der Waals surface area (Å²) < 4.78 is 35.5. The molecular formula is C16H24N2O5S. The van der Waals surface area contributed by atoms with Crippen LogP contribution >= 0.6 is 0 Å². The summed E-state index contributed by atoms with van der Waals surface area (Å²) in [5.41, 5.74) is 0.484. The van der Waals surface area contributed by atoms with Gasteiger partial charge in [-0.3, -0.25) is 4.90 Å². The first-order valence-corrected chi connectivity index (χ1v) is 9.58. The van der Waals surface area contributed by atoms with Crippen molar-refractivity contribution >= 4 is 16.0 Å². The number of carbonyl (C=O) groups excluding carboxylic acids is 1. The Balaban J connectivity index is 1.73. The van der Waals surface area contributed by atoms with E-state index in [1.807, 2.05) is 0 Å². The molecule has 0 amide bonds. The summed E-state index contributed by atoms with van der Waals surface area (Å²) in [6.07, 6.45) is 0. The third-order valence-electron chi connectivity index (χ3n) is 4.04. The maximum atomic E-state index is 11.8. The highest BCUT2D eigenvalue weighted by atomic mass is 32.2. The zero-order valence-electron chi connectivity index (χ0n) is 14.1. The summed E-state index contributed by atoms with van der Waals surface area (Å²) in [6, 6.07) is 6.79. The van der Waals surface area contributed by atoms with E-state index in [-0.39, 0.29) is 11.7 Å². The average molecular weight is 356 g/mol. The summed E-state index contributed by atoms with van der Waals surface area (Å²) in [6.45, 7) is 5.40. The van der Waals surface area contributed by atoms with Crippen molar-refractivity contribution in [1.29, 1.82) is 0 Å². The fourth-order valence-electron chi connectivity index (χ4n) is 2.51. The molecule has 0 aliphatic carbocycles. The Bertz CT molecular complexity index is 637. The summed E-state index contributed by atoms with van der Waals surface area (Å²) in [7, 11) is -1.74. The van der Waals surface area contributed by atoms with Crippen LogP contribution in [0.2, 0.25) is 0 Å². The van der Waals surface area contributed by atoms with E-state index in [1.165, 1.54) is 7.11 Å². The van der Waals surface area contributed by atoms with E-state index >= 15 is 0 Å². The van der Waals surface area contributed by atoms with Crippen molar-refractivity contribution in [3.8, 4) is 5.75 Å². The Kier molecular flexibility index (Phi) is 6.59. The van der Waals surface area contributed by atoms with Crippen LogP contribution in [-0.2, 0) is 14.8 Å². The molecule has 1 aromatic carbocycles. The first-order valence-electron chi connectivity index (χ1n) is 7.97. The number of piperazine rings is 1. The van der Waals surface area contributed by atoms with Crippen LogP contribution < -0.4 is 4.74 Å². The Morgan fingerprint density at radius 2 is 1.75 bits per heavy atom. The van der Waals surface area contributed by atoms with Gasteiger partial charge in [0.2, 0.25) is 10.0 Å². The smallest absolute Gasteiger partial charge is 0.337 e. The molecule has 1 fully saturated rings. The van der Waals surface area contributed by atoms with Gasteiger partial charge in [-0.15, -0.1) is 0 Å². The standard InChI is InChI=1S/C16H24N2O5S/c1-3-24(20,21)18-10-8-17(9-11-18)12-13-23-15-6-4-14(5-7-15)16(19)22-2/h4-7H,3,8-13H2,1-2H3. The van der Waals surface area contributed by atoms with Gasteiger partial charge in [0.15, 0.2) is 0 Å². The van der Waals surface area contributed by atoms with E-state index < -0.39 is 10.0 Å². The minimum absolute atomic E-state index is 0.150. The summed E-state index contributed by atoms with van der Waals surface area (Å²) in [4.78, 5) is 13.5. The van der Waals surface area contributed by atoms with Crippen LogP contribution in [0.15, 0.2) is 24.3 Å². The van der Waals surface area contributed by atoms with E-state index in [9.17, 15) is 13.2 Å². The molecule has 1 aliphatic rings. The van der Waals surface area contributed by atoms with Gasteiger partial charge in [0.1, 0.15) is 12.4 Å². The molecule has 0 bridgehead atoms. The van der Waals surface area contributed by atoms with E-state index in [0.717, 1.165) is 6.54 Å². The molecule has 24 heavy (non-hydrogen) atoms. The SMILES string of the molecule is CCS(=O)(=O)N1CCN(CCOc2ccc(C(=O)OC)cc2)CC1. The van der Waals surface area contributed by atoms with Crippen LogP contribution in [0, 0.1) is 0 Å².